The number of ether oxygens (including phenoxy) is 1. The van der Waals surface area contributed by atoms with Crippen LogP contribution < -0.4 is 5.56 Å². The SMILES string of the molecule is COC(=O)c1ccc2c(=O)n(CC(C)O)c(SC)nc2c1. The molecule has 0 radical (unpaired) electrons. The number of esters is 1. The van der Waals surface area contributed by atoms with Crippen LogP contribution >= 0.6 is 11.8 Å². The number of benzene rings is 1. The molecule has 1 aromatic heterocycles. The minimum Gasteiger partial charge on any atom is -0.465 e. The van der Waals surface area contributed by atoms with E-state index in [0.29, 0.717) is 21.6 Å². The smallest absolute Gasteiger partial charge is 0.337 e. The highest BCUT2D eigenvalue weighted by Crippen LogP contribution is 2.17. The van der Waals surface area contributed by atoms with E-state index in [-0.39, 0.29) is 12.1 Å². The molecule has 0 aliphatic heterocycles. The highest BCUT2D eigenvalue weighted by atomic mass is 32.2. The molecule has 112 valence electrons. The second-order valence-electron chi connectivity index (χ2n) is 4.59. The summed E-state index contributed by atoms with van der Waals surface area (Å²) < 4.78 is 6.10. The first-order valence-electron chi connectivity index (χ1n) is 6.33. The Morgan fingerprint density at radius 3 is 2.81 bits per heavy atom. The molecule has 6 nitrogen and oxygen atoms in total. The molecule has 0 amide bonds. The maximum Gasteiger partial charge on any atom is 0.337 e. The lowest BCUT2D eigenvalue weighted by molar-refractivity contribution is 0.0601. The van der Waals surface area contributed by atoms with Crippen molar-refractivity contribution >= 4 is 28.6 Å². The third-order valence-corrected chi connectivity index (χ3v) is 3.65. The molecule has 0 aliphatic carbocycles. The first-order chi connectivity index (χ1) is 9.97. The third kappa shape index (κ3) is 3.08. The van der Waals surface area contributed by atoms with E-state index >= 15 is 0 Å². The molecular formula is C14H16N2O4S. The van der Waals surface area contributed by atoms with Gasteiger partial charge in [0, 0.05) is 0 Å². The van der Waals surface area contributed by atoms with Crippen molar-refractivity contribution in [2.45, 2.75) is 24.7 Å². The van der Waals surface area contributed by atoms with Gasteiger partial charge in [0.2, 0.25) is 0 Å². The molecule has 1 N–H and O–H groups in total. The maximum absolute atomic E-state index is 12.5. The molecule has 7 heteroatoms. The minimum atomic E-state index is -0.651. The van der Waals surface area contributed by atoms with Crippen LogP contribution in [0.4, 0.5) is 0 Å². The zero-order valence-electron chi connectivity index (χ0n) is 12.0. The molecule has 2 aromatic rings. The Balaban J connectivity index is 2.67. The summed E-state index contributed by atoms with van der Waals surface area (Å²) >= 11 is 1.31. The molecule has 2 rings (SSSR count). The van der Waals surface area contributed by atoms with E-state index < -0.39 is 12.1 Å². The lowest BCUT2D eigenvalue weighted by atomic mass is 10.1. The van der Waals surface area contributed by atoms with Gasteiger partial charge in [-0.25, -0.2) is 9.78 Å². The first kappa shape index (κ1) is 15.5. The average molecular weight is 308 g/mol. The number of carbonyl (C=O) groups excluding carboxylic acids is 1. The number of aliphatic hydroxyl groups is 1. The van der Waals surface area contributed by atoms with E-state index in [9.17, 15) is 14.7 Å². The van der Waals surface area contributed by atoms with Gasteiger partial charge >= 0.3 is 5.97 Å². The lowest BCUT2D eigenvalue weighted by Gasteiger charge is -2.13. The molecule has 0 spiro atoms. The standard InChI is InChI=1S/C14H16N2O4S/c1-8(17)7-16-12(18)10-5-4-9(13(19)20-2)6-11(10)15-14(16)21-3/h4-6,8,17H,7H2,1-3H3. The Labute approximate surface area is 125 Å². The van der Waals surface area contributed by atoms with E-state index in [1.54, 1.807) is 19.2 Å². The summed E-state index contributed by atoms with van der Waals surface area (Å²) in [5.41, 5.74) is 0.549. The van der Waals surface area contributed by atoms with Crippen LogP contribution in [0.1, 0.15) is 17.3 Å². The van der Waals surface area contributed by atoms with Crippen LogP contribution in [0, 0.1) is 0 Å². The highest BCUT2D eigenvalue weighted by Gasteiger charge is 2.14. The summed E-state index contributed by atoms with van der Waals surface area (Å²) in [6.07, 6.45) is 1.15. The summed E-state index contributed by atoms with van der Waals surface area (Å²) in [6, 6.07) is 4.62. The van der Waals surface area contributed by atoms with Gasteiger partial charge in [0.25, 0.3) is 5.56 Å². The van der Waals surface area contributed by atoms with Crippen molar-refractivity contribution in [3.8, 4) is 0 Å². The van der Waals surface area contributed by atoms with Crippen LogP contribution in [0.15, 0.2) is 28.2 Å². The fourth-order valence-corrected chi connectivity index (χ4v) is 2.59. The zero-order valence-corrected chi connectivity index (χ0v) is 12.8. The van der Waals surface area contributed by atoms with E-state index in [0.717, 1.165) is 0 Å². The van der Waals surface area contributed by atoms with Crippen molar-refractivity contribution < 1.29 is 14.6 Å². The second kappa shape index (κ2) is 6.28. The van der Waals surface area contributed by atoms with Crippen LogP contribution in [-0.2, 0) is 11.3 Å². The summed E-state index contributed by atoms with van der Waals surface area (Å²) in [7, 11) is 1.30. The number of aliphatic hydroxyl groups excluding tert-OH is 1. The normalized spacial score (nSPS) is 12.4. The molecule has 0 saturated carbocycles. The third-order valence-electron chi connectivity index (χ3n) is 2.97. The van der Waals surface area contributed by atoms with Gasteiger partial charge in [-0.05, 0) is 31.4 Å². The van der Waals surface area contributed by atoms with E-state index in [2.05, 4.69) is 9.72 Å². The minimum absolute atomic E-state index is 0.177. The average Bonchev–Trinajstić information content (AvgIpc) is 2.48. The quantitative estimate of drug-likeness (QED) is 0.521. The first-order valence-corrected chi connectivity index (χ1v) is 7.55. The van der Waals surface area contributed by atoms with Crippen LogP contribution in [0.2, 0.25) is 0 Å². The van der Waals surface area contributed by atoms with E-state index in [4.69, 9.17) is 0 Å². The molecule has 1 heterocycles. The molecule has 0 saturated heterocycles. The van der Waals surface area contributed by atoms with Crippen LogP contribution in [0.25, 0.3) is 10.9 Å². The fraction of sp³-hybridized carbons (Fsp3) is 0.357. The van der Waals surface area contributed by atoms with Crippen molar-refractivity contribution in [2.75, 3.05) is 13.4 Å². The fourth-order valence-electron chi connectivity index (χ4n) is 2.03. The molecule has 0 bridgehead atoms. The number of methoxy groups -OCH3 is 1. The molecule has 1 aromatic carbocycles. The van der Waals surface area contributed by atoms with Crippen molar-refractivity contribution in [1.29, 1.82) is 0 Å². The Kier molecular flexibility index (Phi) is 4.64. The van der Waals surface area contributed by atoms with E-state index in [1.165, 1.54) is 35.6 Å². The van der Waals surface area contributed by atoms with Gasteiger partial charge in [0.1, 0.15) is 0 Å². The predicted octanol–water partition coefficient (Wildman–Crippen LogP) is 1.29. The maximum atomic E-state index is 12.5. The van der Waals surface area contributed by atoms with Gasteiger partial charge in [0.15, 0.2) is 5.16 Å². The van der Waals surface area contributed by atoms with E-state index in [1.807, 2.05) is 0 Å². The van der Waals surface area contributed by atoms with Crippen molar-refractivity contribution in [3.05, 3.63) is 34.1 Å². The Bertz CT molecular complexity index is 740. The second-order valence-corrected chi connectivity index (χ2v) is 5.36. The molecule has 1 atom stereocenters. The molecule has 0 aliphatic rings. The van der Waals surface area contributed by atoms with Crippen molar-refractivity contribution in [3.63, 3.8) is 0 Å². The van der Waals surface area contributed by atoms with Gasteiger partial charge < -0.3 is 9.84 Å². The highest BCUT2D eigenvalue weighted by molar-refractivity contribution is 7.98. The van der Waals surface area contributed by atoms with Crippen molar-refractivity contribution in [2.24, 2.45) is 0 Å². The number of hydrogen-bond acceptors (Lipinski definition) is 6. The topological polar surface area (TPSA) is 81.4 Å². The Morgan fingerprint density at radius 2 is 2.24 bits per heavy atom. The Morgan fingerprint density at radius 1 is 1.52 bits per heavy atom. The van der Waals surface area contributed by atoms with Gasteiger partial charge in [0.05, 0.1) is 36.2 Å². The molecule has 0 fully saturated rings. The summed E-state index contributed by atoms with van der Waals surface area (Å²) in [6.45, 7) is 1.79. The van der Waals surface area contributed by atoms with Crippen LogP contribution in [0.5, 0.6) is 0 Å². The molecule has 1 unspecified atom stereocenters. The van der Waals surface area contributed by atoms with Crippen LogP contribution in [-0.4, -0.2) is 40.1 Å². The number of rotatable bonds is 4. The van der Waals surface area contributed by atoms with Gasteiger partial charge in [-0.2, -0.15) is 0 Å². The monoisotopic (exact) mass is 308 g/mol. The largest absolute Gasteiger partial charge is 0.465 e. The zero-order chi connectivity index (χ0) is 15.6. The molecule has 21 heavy (non-hydrogen) atoms. The lowest BCUT2D eigenvalue weighted by Crippen LogP contribution is -2.27. The Hall–Kier alpha value is -1.86. The van der Waals surface area contributed by atoms with Crippen molar-refractivity contribution in [1.82, 2.24) is 9.55 Å². The summed E-state index contributed by atoms with van der Waals surface area (Å²) in [5.74, 6) is -0.474. The number of carbonyl (C=O) groups is 1. The number of nitrogens with zero attached hydrogens (tertiary/aromatic N) is 2. The predicted molar refractivity (Wildman–Crippen MR) is 80.8 cm³/mol. The summed E-state index contributed by atoms with van der Waals surface area (Å²) in [4.78, 5) is 28.4. The summed E-state index contributed by atoms with van der Waals surface area (Å²) in [5, 5.41) is 10.4. The van der Waals surface area contributed by atoms with Gasteiger partial charge in [-0.1, -0.05) is 11.8 Å². The number of hydrogen-bond donors (Lipinski definition) is 1. The molecular weight excluding hydrogens is 292 g/mol. The number of fused-ring (bicyclic) bond motifs is 1. The number of thioether (sulfide) groups is 1. The van der Waals surface area contributed by atoms with Crippen LogP contribution in [0.3, 0.4) is 0 Å². The van der Waals surface area contributed by atoms with Gasteiger partial charge in [-0.3, -0.25) is 9.36 Å². The van der Waals surface area contributed by atoms with Gasteiger partial charge in [-0.15, -0.1) is 0 Å². The number of aromatic nitrogens is 2.